The Morgan fingerprint density at radius 3 is 2.53 bits per heavy atom. The SMILES string of the molecule is COc1ccc(C(O)c2cncnc2)c(C)c1. The van der Waals surface area contributed by atoms with Crippen LogP contribution in [0, 0.1) is 6.92 Å². The van der Waals surface area contributed by atoms with Crippen molar-refractivity contribution in [2.45, 2.75) is 13.0 Å². The lowest BCUT2D eigenvalue weighted by molar-refractivity contribution is 0.218. The summed E-state index contributed by atoms with van der Waals surface area (Å²) < 4.78 is 5.13. The van der Waals surface area contributed by atoms with E-state index in [9.17, 15) is 5.11 Å². The molecule has 2 aromatic rings. The third kappa shape index (κ3) is 2.42. The smallest absolute Gasteiger partial charge is 0.119 e. The van der Waals surface area contributed by atoms with Crippen molar-refractivity contribution in [2.75, 3.05) is 7.11 Å². The molecule has 0 amide bonds. The van der Waals surface area contributed by atoms with E-state index in [4.69, 9.17) is 4.74 Å². The van der Waals surface area contributed by atoms with Gasteiger partial charge in [0.05, 0.1) is 7.11 Å². The summed E-state index contributed by atoms with van der Waals surface area (Å²) in [5.41, 5.74) is 2.49. The largest absolute Gasteiger partial charge is 0.497 e. The first-order chi connectivity index (χ1) is 8.22. The van der Waals surface area contributed by atoms with Crippen LogP contribution in [0.25, 0.3) is 0 Å². The van der Waals surface area contributed by atoms with Crippen LogP contribution in [0.1, 0.15) is 22.8 Å². The average molecular weight is 230 g/mol. The van der Waals surface area contributed by atoms with Gasteiger partial charge in [-0.05, 0) is 30.2 Å². The van der Waals surface area contributed by atoms with Gasteiger partial charge in [-0.1, -0.05) is 6.07 Å². The standard InChI is InChI=1S/C13H14N2O2/c1-9-5-11(17-2)3-4-12(9)13(16)10-6-14-8-15-7-10/h3-8,13,16H,1-2H3. The summed E-state index contributed by atoms with van der Waals surface area (Å²) in [6.07, 6.45) is 3.96. The Hall–Kier alpha value is -1.94. The number of hydrogen-bond acceptors (Lipinski definition) is 4. The minimum absolute atomic E-state index is 0.681. The van der Waals surface area contributed by atoms with Crippen LogP contribution >= 0.6 is 0 Å². The third-order valence-electron chi connectivity index (χ3n) is 2.67. The molecule has 1 heterocycles. The van der Waals surface area contributed by atoms with Gasteiger partial charge in [0, 0.05) is 18.0 Å². The number of aryl methyl sites for hydroxylation is 1. The Morgan fingerprint density at radius 2 is 1.94 bits per heavy atom. The van der Waals surface area contributed by atoms with Crippen molar-refractivity contribution in [3.05, 3.63) is 53.6 Å². The molecule has 1 aromatic carbocycles. The van der Waals surface area contributed by atoms with E-state index in [0.717, 1.165) is 16.9 Å². The van der Waals surface area contributed by atoms with Gasteiger partial charge in [0.25, 0.3) is 0 Å². The molecule has 4 nitrogen and oxygen atoms in total. The van der Waals surface area contributed by atoms with Crippen LogP contribution in [-0.2, 0) is 0 Å². The molecule has 0 fully saturated rings. The number of benzene rings is 1. The number of aliphatic hydroxyl groups is 1. The summed E-state index contributed by atoms with van der Waals surface area (Å²) in [5.74, 6) is 0.780. The molecule has 0 radical (unpaired) electrons. The Kier molecular flexibility index (Phi) is 3.35. The molecule has 1 unspecified atom stereocenters. The Morgan fingerprint density at radius 1 is 1.24 bits per heavy atom. The van der Waals surface area contributed by atoms with E-state index < -0.39 is 6.10 Å². The van der Waals surface area contributed by atoms with Crippen molar-refractivity contribution in [1.29, 1.82) is 0 Å². The fraction of sp³-hybridized carbons (Fsp3) is 0.231. The van der Waals surface area contributed by atoms with E-state index in [-0.39, 0.29) is 0 Å². The summed E-state index contributed by atoms with van der Waals surface area (Å²) >= 11 is 0. The van der Waals surface area contributed by atoms with Crippen LogP contribution in [0.3, 0.4) is 0 Å². The van der Waals surface area contributed by atoms with Crippen LogP contribution in [0.4, 0.5) is 0 Å². The van der Waals surface area contributed by atoms with Gasteiger partial charge in [-0.2, -0.15) is 0 Å². The number of aliphatic hydroxyl groups excluding tert-OH is 1. The van der Waals surface area contributed by atoms with Gasteiger partial charge in [0.15, 0.2) is 0 Å². The topological polar surface area (TPSA) is 55.2 Å². The van der Waals surface area contributed by atoms with Gasteiger partial charge in [-0.25, -0.2) is 9.97 Å². The second-order valence-corrected chi connectivity index (χ2v) is 3.80. The first kappa shape index (κ1) is 11.5. The Labute approximate surface area is 99.9 Å². The van der Waals surface area contributed by atoms with Gasteiger partial charge < -0.3 is 9.84 Å². The van der Waals surface area contributed by atoms with Crippen LogP contribution in [0.15, 0.2) is 36.9 Å². The number of ether oxygens (including phenoxy) is 1. The molecule has 1 N–H and O–H groups in total. The molecule has 0 spiro atoms. The first-order valence-electron chi connectivity index (χ1n) is 5.30. The van der Waals surface area contributed by atoms with Crippen molar-refractivity contribution in [3.8, 4) is 5.75 Å². The van der Waals surface area contributed by atoms with Crippen molar-refractivity contribution < 1.29 is 9.84 Å². The highest BCUT2D eigenvalue weighted by Gasteiger charge is 2.13. The third-order valence-corrected chi connectivity index (χ3v) is 2.67. The molecule has 2 rings (SSSR count). The van der Waals surface area contributed by atoms with Crippen molar-refractivity contribution >= 4 is 0 Å². The minimum atomic E-state index is -0.706. The monoisotopic (exact) mass is 230 g/mol. The van der Waals surface area contributed by atoms with Gasteiger partial charge in [0.2, 0.25) is 0 Å². The molecule has 0 saturated carbocycles. The number of hydrogen-bond donors (Lipinski definition) is 1. The fourth-order valence-electron chi connectivity index (χ4n) is 1.71. The van der Waals surface area contributed by atoms with Gasteiger partial charge in [-0.15, -0.1) is 0 Å². The quantitative estimate of drug-likeness (QED) is 0.874. The zero-order chi connectivity index (χ0) is 12.3. The van der Waals surface area contributed by atoms with Gasteiger partial charge in [0.1, 0.15) is 18.2 Å². The average Bonchev–Trinajstić information content (AvgIpc) is 2.39. The zero-order valence-electron chi connectivity index (χ0n) is 9.79. The molecule has 88 valence electrons. The highest BCUT2D eigenvalue weighted by atomic mass is 16.5. The molecule has 0 aliphatic rings. The van der Waals surface area contributed by atoms with E-state index >= 15 is 0 Å². The summed E-state index contributed by atoms with van der Waals surface area (Å²) in [7, 11) is 1.62. The lowest BCUT2D eigenvalue weighted by Crippen LogP contribution is -2.03. The number of nitrogens with zero attached hydrogens (tertiary/aromatic N) is 2. The predicted octanol–water partition coefficient (Wildman–Crippen LogP) is 1.88. The molecule has 4 heteroatoms. The summed E-state index contributed by atoms with van der Waals surface area (Å²) in [6.45, 7) is 1.94. The summed E-state index contributed by atoms with van der Waals surface area (Å²) in [4.78, 5) is 7.80. The lowest BCUT2D eigenvalue weighted by atomic mass is 9.99. The van der Waals surface area contributed by atoms with Crippen LogP contribution in [-0.4, -0.2) is 22.2 Å². The fourth-order valence-corrected chi connectivity index (χ4v) is 1.71. The van der Waals surface area contributed by atoms with E-state index in [1.807, 2.05) is 25.1 Å². The molecule has 1 atom stereocenters. The maximum atomic E-state index is 10.2. The second kappa shape index (κ2) is 4.93. The second-order valence-electron chi connectivity index (χ2n) is 3.80. The molecular formula is C13H14N2O2. The Balaban J connectivity index is 2.34. The van der Waals surface area contributed by atoms with Crippen molar-refractivity contribution in [2.24, 2.45) is 0 Å². The first-order valence-corrected chi connectivity index (χ1v) is 5.30. The van der Waals surface area contributed by atoms with E-state index in [1.165, 1.54) is 6.33 Å². The maximum absolute atomic E-state index is 10.2. The van der Waals surface area contributed by atoms with Crippen molar-refractivity contribution in [1.82, 2.24) is 9.97 Å². The summed E-state index contributed by atoms with van der Waals surface area (Å²) in [6, 6.07) is 5.57. The highest BCUT2D eigenvalue weighted by Crippen LogP contribution is 2.26. The van der Waals surface area contributed by atoms with Crippen LogP contribution < -0.4 is 4.74 Å². The zero-order valence-corrected chi connectivity index (χ0v) is 9.79. The number of methoxy groups -OCH3 is 1. The number of rotatable bonds is 3. The van der Waals surface area contributed by atoms with E-state index in [0.29, 0.717) is 5.56 Å². The molecule has 0 bridgehead atoms. The van der Waals surface area contributed by atoms with Gasteiger partial charge >= 0.3 is 0 Å². The molecular weight excluding hydrogens is 216 g/mol. The maximum Gasteiger partial charge on any atom is 0.119 e. The van der Waals surface area contributed by atoms with Gasteiger partial charge in [-0.3, -0.25) is 0 Å². The minimum Gasteiger partial charge on any atom is -0.497 e. The normalized spacial score (nSPS) is 12.2. The molecule has 0 saturated heterocycles. The molecule has 0 aliphatic carbocycles. The van der Waals surface area contributed by atoms with E-state index in [1.54, 1.807) is 19.5 Å². The van der Waals surface area contributed by atoms with Crippen LogP contribution in [0.2, 0.25) is 0 Å². The molecule has 0 aliphatic heterocycles. The Bertz CT molecular complexity index is 500. The van der Waals surface area contributed by atoms with Crippen LogP contribution in [0.5, 0.6) is 5.75 Å². The molecule has 17 heavy (non-hydrogen) atoms. The van der Waals surface area contributed by atoms with Crippen molar-refractivity contribution in [3.63, 3.8) is 0 Å². The van der Waals surface area contributed by atoms with E-state index in [2.05, 4.69) is 9.97 Å². The lowest BCUT2D eigenvalue weighted by Gasteiger charge is -2.14. The predicted molar refractivity (Wildman–Crippen MR) is 63.8 cm³/mol. The highest BCUT2D eigenvalue weighted by molar-refractivity contribution is 5.39. The number of aromatic nitrogens is 2. The molecule has 1 aromatic heterocycles. The summed E-state index contributed by atoms with van der Waals surface area (Å²) in [5, 5.41) is 10.2.